The Morgan fingerprint density at radius 2 is 0.939 bits per heavy atom. The van der Waals surface area contributed by atoms with Crippen LogP contribution in [-0.2, 0) is 21.7 Å². The van der Waals surface area contributed by atoms with Crippen molar-refractivity contribution < 1.29 is 9.26 Å². The minimum absolute atomic E-state index is 0.00916. The first-order chi connectivity index (χ1) is 14.8. The fourth-order valence-corrected chi connectivity index (χ4v) is 4.54. The van der Waals surface area contributed by atoms with Crippen molar-refractivity contribution in [2.24, 2.45) is 0 Å². The van der Waals surface area contributed by atoms with Gasteiger partial charge in [-0.3, -0.25) is 0 Å². The molecule has 0 spiro atoms. The van der Waals surface area contributed by atoms with Crippen LogP contribution in [0.1, 0.15) is 105 Å². The Labute approximate surface area is 209 Å². The van der Waals surface area contributed by atoms with Crippen LogP contribution in [0.4, 0.5) is 0 Å². The molecule has 0 aliphatic rings. The summed E-state index contributed by atoms with van der Waals surface area (Å²) in [4.78, 5) is 0. The number of methoxy groups -OCH3 is 1. The maximum Gasteiger partial charge on any atom is 0.168 e. The molecule has 0 aliphatic carbocycles. The van der Waals surface area contributed by atoms with Crippen molar-refractivity contribution in [1.29, 1.82) is 0 Å². The highest BCUT2D eigenvalue weighted by Crippen LogP contribution is 2.50. The summed E-state index contributed by atoms with van der Waals surface area (Å²) in [6.07, 6.45) is 0. The predicted molar refractivity (Wildman–Crippen MR) is 148 cm³/mol. The highest BCUT2D eigenvalue weighted by molar-refractivity contribution is 7.64. The Morgan fingerprint density at radius 1 is 0.576 bits per heavy atom. The van der Waals surface area contributed by atoms with Crippen molar-refractivity contribution in [2.75, 3.05) is 7.11 Å². The zero-order valence-corrected chi connectivity index (χ0v) is 24.8. The maximum atomic E-state index is 6.20. The molecule has 1 atom stereocenters. The zero-order chi connectivity index (χ0) is 25.6. The molecule has 0 aromatic heterocycles. The van der Waals surface area contributed by atoms with Crippen molar-refractivity contribution in [3.63, 3.8) is 0 Å². The zero-order valence-electron chi connectivity index (χ0n) is 23.0. The molecule has 0 radical (unpaired) electrons. The van der Waals surface area contributed by atoms with E-state index < -0.39 is 0 Å². The van der Waals surface area contributed by atoms with Gasteiger partial charge in [0.1, 0.15) is 11.5 Å². The topological polar surface area (TPSA) is 18.5 Å². The molecule has 0 heterocycles. The summed E-state index contributed by atoms with van der Waals surface area (Å²) in [6.45, 7) is 27.0. The second kappa shape index (κ2) is 9.43. The van der Waals surface area contributed by atoms with Gasteiger partial charge in [0, 0.05) is 22.3 Å². The number of rotatable bonds is 4. The SMILES string of the molecule is COc1c(-c2cc(C(C)(C)C)cc(C(C)(C)C)c2OPCl)cc(C(C)(C)C)cc1C(C)(C)C. The van der Waals surface area contributed by atoms with E-state index in [1.54, 1.807) is 7.11 Å². The van der Waals surface area contributed by atoms with E-state index in [9.17, 15) is 0 Å². The van der Waals surface area contributed by atoms with Gasteiger partial charge in [-0.05, 0) is 44.9 Å². The van der Waals surface area contributed by atoms with Crippen LogP contribution >= 0.6 is 19.4 Å². The largest absolute Gasteiger partial charge is 0.496 e. The molecule has 2 aromatic carbocycles. The van der Waals surface area contributed by atoms with E-state index in [0.717, 1.165) is 22.6 Å². The van der Waals surface area contributed by atoms with Crippen LogP contribution in [0.25, 0.3) is 11.1 Å². The molecule has 0 amide bonds. The molecule has 0 N–H and O–H groups in total. The Kier molecular flexibility index (Phi) is 8.00. The number of benzene rings is 2. The van der Waals surface area contributed by atoms with E-state index >= 15 is 0 Å². The lowest BCUT2D eigenvalue weighted by Gasteiger charge is -2.32. The van der Waals surface area contributed by atoms with Crippen LogP contribution in [0.3, 0.4) is 0 Å². The average Bonchev–Trinajstić information content (AvgIpc) is 2.64. The van der Waals surface area contributed by atoms with Crippen molar-refractivity contribution in [3.05, 3.63) is 46.5 Å². The van der Waals surface area contributed by atoms with Crippen molar-refractivity contribution >= 4 is 19.4 Å². The summed E-state index contributed by atoms with van der Waals surface area (Å²) >= 11 is 6.20. The number of hydrogen-bond donors (Lipinski definition) is 0. The number of ether oxygens (including phenoxy) is 1. The van der Waals surface area contributed by atoms with Gasteiger partial charge < -0.3 is 9.26 Å². The van der Waals surface area contributed by atoms with Crippen LogP contribution in [0, 0.1) is 0 Å². The standard InChI is InChI=1S/C29H44ClO2P/c1-26(2,3)18-14-20(24(31-13)22(16-18)28(7,8)9)21-15-19(27(4,5)6)17-23(29(10,11)12)25(21)32-33-30/h14-17,33H,1-13H3. The van der Waals surface area contributed by atoms with Crippen LogP contribution in [0.15, 0.2) is 24.3 Å². The van der Waals surface area contributed by atoms with E-state index in [-0.39, 0.29) is 29.8 Å². The van der Waals surface area contributed by atoms with Gasteiger partial charge in [-0.1, -0.05) is 106 Å². The first-order valence-corrected chi connectivity index (χ1v) is 13.7. The van der Waals surface area contributed by atoms with Crippen molar-refractivity contribution in [3.8, 4) is 22.6 Å². The van der Waals surface area contributed by atoms with E-state index in [2.05, 4.69) is 107 Å². The highest BCUT2D eigenvalue weighted by atomic mass is 35.7. The molecule has 184 valence electrons. The van der Waals surface area contributed by atoms with Gasteiger partial charge in [0.2, 0.25) is 0 Å². The molecule has 0 aliphatic heterocycles. The van der Waals surface area contributed by atoms with Gasteiger partial charge in [-0.2, -0.15) is 0 Å². The first-order valence-electron chi connectivity index (χ1n) is 11.8. The highest BCUT2D eigenvalue weighted by Gasteiger charge is 2.31. The van der Waals surface area contributed by atoms with Gasteiger partial charge in [0.05, 0.1) is 7.11 Å². The smallest absolute Gasteiger partial charge is 0.168 e. The maximum absolute atomic E-state index is 6.20. The molecule has 0 fully saturated rings. The summed E-state index contributed by atoms with van der Waals surface area (Å²) < 4.78 is 12.3. The summed E-state index contributed by atoms with van der Waals surface area (Å²) in [5.41, 5.74) is 6.82. The lowest BCUT2D eigenvalue weighted by Crippen LogP contribution is -2.19. The summed E-state index contributed by atoms with van der Waals surface area (Å²) in [6, 6.07) is 9.16. The molecule has 0 saturated heterocycles. The average molecular weight is 491 g/mol. The fourth-order valence-electron chi connectivity index (χ4n) is 4.01. The lowest BCUT2D eigenvalue weighted by atomic mass is 9.75. The second-order valence-corrected chi connectivity index (χ2v) is 14.0. The minimum Gasteiger partial charge on any atom is -0.496 e. The van der Waals surface area contributed by atoms with Crippen LogP contribution in [0.5, 0.6) is 11.5 Å². The van der Waals surface area contributed by atoms with Gasteiger partial charge >= 0.3 is 0 Å². The molecule has 1 unspecified atom stereocenters. The number of halogens is 1. The number of hydrogen-bond acceptors (Lipinski definition) is 2. The summed E-state index contributed by atoms with van der Waals surface area (Å²) in [5, 5.41) is 0. The quantitative estimate of drug-likeness (QED) is 0.397. The predicted octanol–water partition coefficient (Wildman–Crippen LogP) is 9.68. The molecular formula is C29H44ClO2P. The minimum atomic E-state index is -0.163. The Bertz CT molecular complexity index is 997. The van der Waals surface area contributed by atoms with Crippen molar-refractivity contribution in [2.45, 2.75) is 105 Å². The summed E-state index contributed by atoms with van der Waals surface area (Å²) in [5.74, 6) is 1.76. The molecule has 2 rings (SSSR count). The van der Waals surface area contributed by atoms with Gasteiger partial charge in [0.15, 0.2) is 8.16 Å². The Morgan fingerprint density at radius 3 is 1.24 bits per heavy atom. The van der Waals surface area contributed by atoms with Crippen molar-refractivity contribution in [1.82, 2.24) is 0 Å². The van der Waals surface area contributed by atoms with E-state index in [1.807, 2.05) is 0 Å². The van der Waals surface area contributed by atoms with Crippen LogP contribution in [0.2, 0.25) is 0 Å². The first kappa shape index (κ1) is 28.0. The molecule has 2 nitrogen and oxygen atoms in total. The van der Waals surface area contributed by atoms with Gasteiger partial charge in [-0.15, -0.1) is 0 Å². The van der Waals surface area contributed by atoms with E-state index in [1.165, 1.54) is 22.3 Å². The molecule has 0 saturated carbocycles. The fraction of sp³-hybridized carbons (Fsp3) is 0.586. The van der Waals surface area contributed by atoms with Crippen LogP contribution in [-0.4, -0.2) is 7.11 Å². The molecule has 0 bridgehead atoms. The van der Waals surface area contributed by atoms with Crippen LogP contribution < -0.4 is 9.26 Å². The molecular weight excluding hydrogens is 447 g/mol. The molecule has 4 heteroatoms. The third-order valence-corrected chi connectivity index (χ3v) is 6.67. The molecule has 33 heavy (non-hydrogen) atoms. The van der Waals surface area contributed by atoms with Gasteiger partial charge in [0.25, 0.3) is 0 Å². The van der Waals surface area contributed by atoms with Gasteiger partial charge in [-0.25, -0.2) is 0 Å². The monoisotopic (exact) mass is 490 g/mol. The third-order valence-electron chi connectivity index (χ3n) is 6.16. The lowest BCUT2D eigenvalue weighted by molar-refractivity contribution is 0.398. The van der Waals surface area contributed by atoms with E-state index in [4.69, 9.17) is 20.5 Å². The third kappa shape index (κ3) is 6.26. The normalized spacial score (nSPS) is 13.6. The summed E-state index contributed by atoms with van der Waals surface area (Å²) in [7, 11) is 1.61. The Balaban J connectivity index is 3.15. The Hall–Kier alpha value is -1.24. The van der Waals surface area contributed by atoms with E-state index in [0.29, 0.717) is 0 Å². The second-order valence-electron chi connectivity index (χ2n) is 13.2. The molecule has 2 aromatic rings.